The summed E-state index contributed by atoms with van der Waals surface area (Å²) < 4.78 is 5.45. The predicted molar refractivity (Wildman–Crippen MR) is 78.9 cm³/mol. The lowest BCUT2D eigenvalue weighted by Crippen LogP contribution is -2.00. The second-order valence-electron chi connectivity index (χ2n) is 4.65. The highest BCUT2D eigenvalue weighted by Gasteiger charge is 2.17. The third-order valence-electron chi connectivity index (χ3n) is 3.14. The molecule has 0 radical (unpaired) electrons. The van der Waals surface area contributed by atoms with Gasteiger partial charge in [-0.05, 0) is 13.0 Å². The zero-order chi connectivity index (χ0) is 14.8. The molecule has 0 amide bonds. The molecule has 3 rings (SSSR count). The number of nitrogens with zero attached hydrogens (tertiary/aromatic N) is 4. The summed E-state index contributed by atoms with van der Waals surface area (Å²) in [5, 5.41) is 9.46. The van der Waals surface area contributed by atoms with E-state index in [0.717, 1.165) is 17.9 Å². The second kappa shape index (κ2) is 5.58. The van der Waals surface area contributed by atoms with Gasteiger partial charge in [-0.25, -0.2) is 9.97 Å². The maximum Gasteiger partial charge on any atom is 0.191 e. The lowest BCUT2D eigenvalue weighted by atomic mass is 10.1. The van der Waals surface area contributed by atoms with Gasteiger partial charge >= 0.3 is 0 Å². The van der Waals surface area contributed by atoms with Crippen LogP contribution in [0.5, 0.6) is 5.75 Å². The molecule has 21 heavy (non-hydrogen) atoms. The highest BCUT2D eigenvalue weighted by atomic mass is 32.2. The molecule has 1 aliphatic rings. The van der Waals surface area contributed by atoms with E-state index < -0.39 is 0 Å². The number of thioether (sulfide) groups is 1. The van der Waals surface area contributed by atoms with E-state index in [1.165, 1.54) is 23.4 Å². The molecule has 0 aromatic carbocycles. The molecule has 7 heteroatoms. The molecule has 0 bridgehead atoms. The number of ether oxygens (including phenoxy) is 1. The Hall–Kier alpha value is -2.33. The zero-order valence-corrected chi connectivity index (χ0v) is 12.2. The summed E-state index contributed by atoms with van der Waals surface area (Å²) in [5.41, 5.74) is 8.06. The number of nitrogens with two attached hydrogens (primary N) is 1. The largest absolute Gasteiger partial charge is 0.491 e. The van der Waals surface area contributed by atoms with Crippen molar-refractivity contribution in [1.29, 1.82) is 5.26 Å². The minimum atomic E-state index is 0.0595. The molecule has 3 heterocycles. The first-order chi connectivity index (χ1) is 10.2. The van der Waals surface area contributed by atoms with Crippen LogP contribution in [0.25, 0.3) is 0 Å². The molecule has 0 saturated carbocycles. The van der Waals surface area contributed by atoms with Crippen molar-refractivity contribution in [2.24, 2.45) is 0 Å². The van der Waals surface area contributed by atoms with Gasteiger partial charge in [0.05, 0.1) is 23.7 Å². The summed E-state index contributed by atoms with van der Waals surface area (Å²) in [6.45, 7) is 2.74. The van der Waals surface area contributed by atoms with Crippen LogP contribution < -0.4 is 10.5 Å². The maximum atomic E-state index is 8.91. The van der Waals surface area contributed by atoms with Crippen molar-refractivity contribution in [2.45, 2.75) is 23.8 Å². The Morgan fingerprint density at radius 3 is 3.10 bits per heavy atom. The van der Waals surface area contributed by atoms with Gasteiger partial charge < -0.3 is 10.5 Å². The van der Waals surface area contributed by atoms with Crippen LogP contribution >= 0.6 is 11.8 Å². The molecule has 0 spiro atoms. The number of fused-ring (bicyclic) bond motifs is 1. The van der Waals surface area contributed by atoms with Crippen molar-refractivity contribution < 1.29 is 4.74 Å². The Bertz CT molecular complexity index is 728. The number of hydrogen-bond acceptors (Lipinski definition) is 7. The normalized spacial score (nSPS) is 14.1. The summed E-state index contributed by atoms with van der Waals surface area (Å²) >= 11 is 1.43. The van der Waals surface area contributed by atoms with Gasteiger partial charge in [-0.15, -0.1) is 0 Å². The first-order valence-corrected chi connectivity index (χ1v) is 7.36. The Balaban J connectivity index is 1.82. The molecule has 2 aromatic heterocycles. The number of nitrogen functional groups attached to an aromatic ring is 1. The average molecular weight is 299 g/mol. The first-order valence-electron chi connectivity index (χ1n) is 6.48. The number of hydrogen-bond donors (Lipinski definition) is 1. The van der Waals surface area contributed by atoms with E-state index in [1.807, 2.05) is 13.0 Å². The average Bonchev–Trinajstić information content (AvgIpc) is 2.93. The van der Waals surface area contributed by atoms with Gasteiger partial charge in [-0.3, -0.25) is 4.98 Å². The van der Waals surface area contributed by atoms with Gasteiger partial charge in [0.2, 0.25) is 0 Å². The Morgan fingerprint density at radius 1 is 1.43 bits per heavy atom. The van der Waals surface area contributed by atoms with Gasteiger partial charge in [0.25, 0.3) is 0 Å². The molecule has 106 valence electrons. The van der Waals surface area contributed by atoms with Crippen LogP contribution in [0.1, 0.15) is 29.1 Å². The first kappa shape index (κ1) is 13.6. The topological polar surface area (TPSA) is 97.7 Å². The Labute approximate surface area is 126 Å². The summed E-state index contributed by atoms with van der Waals surface area (Å²) in [6.07, 6.45) is 2.67. The van der Waals surface area contributed by atoms with Crippen molar-refractivity contribution in [3.8, 4) is 11.8 Å². The van der Waals surface area contributed by atoms with Gasteiger partial charge in [-0.1, -0.05) is 11.8 Å². The number of rotatable bonds is 3. The second-order valence-corrected chi connectivity index (χ2v) is 5.96. The van der Waals surface area contributed by atoms with Crippen LogP contribution in [0.15, 0.2) is 23.5 Å². The number of aromatic nitrogens is 3. The zero-order valence-electron chi connectivity index (χ0n) is 11.4. The number of nitriles is 1. The quantitative estimate of drug-likeness (QED) is 0.684. The van der Waals surface area contributed by atoms with Crippen LogP contribution in [0.3, 0.4) is 0 Å². The number of pyridine rings is 1. The summed E-state index contributed by atoms with van der Waals surface area (Å²) in [7, 11) is 0. The summed E-state index contributed by atoms with van der Waals surface area (Å²) in [5.74, 6) is 1.16. The van der Waals surface area contributed by atoms with Crippen molar-refractivity contribution in [2.75, 3.05) is 12.3 Å². The number of anilines is 1. The van der Waals surface area contributed by atoms with E-state index in [2.05, 4.69) is 21.0 Å². The fourth-order valence-corrected chi connectivity index (χ4v) is 2.97. The Kier molecular flexibility index (Phi) is 3.62. The highest BCUT2D eigenvalue weighted by molar-refractivity contribution is 7.99. The Morgan fingerprint density at radius 2 is 2.29 bits per heavy atom. The van der Waals surface area contributed by atoms with E-state index >= 15 is 0 Å². The van der Waals surface area contributed by atoms with Crippen LogP contribution in [0.4, 0.5) is 5.82 Å². The van der Waals surface area contributed by atoms with Crippen molar-refractivity contribution in [1.82, 2.24) is 15.0 Å². The molecular weight excluding hydrogens is 286 g/mol. The van der Waals surface area contributed by atoms with E-state index in [1.54, 1.807) is 6.20 Å². The molecule has 6 nitrogen and oxygen atoms in total. The van der Waals surface area contributed by atoms with Gasteiger partial charge in [0.15, 0.2) is 5.16 Å². The fraction of sp³-hybridized carbons (Fsp3) is 0.286. The molecule has 2 aromatic rings. The SMILES string of the molecule is CC(Sc1nc(N)cc(C#N)n1)c1cc2c(cn1)OCC2. The fourth-order valence-electron chi connectivity index (χ4n) is 2.09. The van der Waals surface area contributed by atoms with Crippen LogP contribution in [-0.2, 0) is 6.42 Å². The molecule has 1 aliphatic heterocycles. The third kappa shape index (κ3) is 2.90. The molecule has 1 atom stereocenters. The van der Waals surface area contributed by atoms with Crippen LogP contribution in [-0.4, -0.2) is 21.6 Å². The van der Waals surface area contributed by atoms with Gasteiger partial charge in [0.1, 0.15) is 23.3 Å². The maximum absolute atomic E-state index is 8.91. The van der Waals surface area contributed by atoms with E-state index in [-0.39, 0.29) is 10.9 Å². The minimum Gasteiger partial charge on any atom is -0.491 e. The summed E-state index contributed by atoms with van der Waals surface area (Å²) in [4.78, 5) is 12.7. The van der Waals surface area contributed by atoms with E-state index in [4.69, 9.17) is 15.7 Å². The van der Waals surface area contributed by atoms with Crippen LogP contribution in [0.2, 0.25) is 0 Å². The van der Waals surface area contributed by atoms with E-state index in [0.29, 0.717) is 17.6 Å². The van der Waals surface area contributed by atoms with E-state index in [9.17, 15) is 0 Å². The van der Waals surface area contributed by atoms with Gasteiger partial charge in [0, 0.05) is 18.1 Å². The summed E-state index contributed by atoms with van der Waals surface area (Å²) in [6, 6.07) is 5.49. The molecule has 0 aliphatic carbocycles. The van der Waals surface area contributed by atoms with Gasteiger partial charge in [-0.2, -0.15) is 5.26 Å². The molecule has 2 N–H and O–H groups in total. The monoisotopic (exact) mass is 299 g/mol. The smallest absolute Gasteiger partial charge is 0.191 e. The van der Waals surface area contributed by atoms with Crippen LogP contribution in [0, 0.1) is 11.3 Å². The molecule has 0 saturated heterocycles. The highest BCUT2D eigenvalue weighted by Crippen LogP contribution is 2.34. The van der Waals surface area contributed by atoms with Crippen molar-refractivity contribution in [3.63, 3.8) is 0 Å². The predicted octanol–water partition coefficient (Wildman–Crippen LogP) is 2.11. The molecule has 1 unspecified atom stereocenters. The van der Waals surface area contributed by atoms with Crippen molar-refractivity contribution >= 4 is 17.6 Å². The molecule has 0 fully saturated rings. The standard InChI is InChI=1S/C14H13N5OS/c1-8(11-4-9-2-3-20-12(9)7-17-11)21-14-18-10(6-15)5-13(16)19-14/h4-5,7-8H,2-3H2,1H3,(H2,16,18,19). The third-order valence-corrected chi connectivity index (χ3v) is 4.13. The lowest BCUT2D eigenvalue weighted by molar-refractivity contribution is 0.355. The lowest BCUT2D eigenvalue weighted by Gasteiger charge is -2.11. The minimum absolute atomic E-state index is 0.0595. The molecular formula is C14H13N5OS. The van der Waals surface area contributed by atoms with Crippen molar-refractivity contribution in [3.05, 3.63) is 35.3 Å².